The summed E-state index contributed by atoms with van der Waals surface area (Å²) in [5.41, 5.74) is 1.38. The Morgan fingerprint density at radius 2 is 1.77 bits per heavy atom. The van der Waals surface area contributed by atoms with E-state index in [0.717, 1.165) is 58.4 Å². The summed E-state index contributed by atoms with van der Waals surface area (Å²) < 4.78 is 37.8. The number of aromatic hydroxyl groups is 1. The van der Waals surface area contributed by atoms with Crippen molar-refractivity contribution in [3.63, 3.8) is 0 Å². The van der Waals surface area contributed by atoms with Crippen molar-refractivity contribution >= 4 is 27.5 Å². The molecule has 4 fully saturated rings. The Labute approximate surface area is 249 Å². The van der Waals surface area contributed by atoms with Crippen molar-refractivity contribution in [1.29, 1.82) is 0 Å². The maximum atomic E-state index is 16.7. The van der Waals surface area contributed by atoms with Crippen LogP contribution in [0.4, 0.5) is 14.6 Å². The molecular weight excluding hydrogens is 548 g/mol. The highest BCUT2D eigenvalue weighted by atomic mass is 19.1. The second kappa shape index (κ2) is 10.3. The number of anilines is 1. The SMILES string of the molecule is Cc1c(F)ccc2cc(O)cc(-c3ccc4c(N5CC6CCC(C5)N6)nc(OCC5(CN6CCCC6)CC5)nc4c3F)c12. The second-order valence-electron chi connectivity index (χ2n) is 13.2. The standard InChI is InChI=1S/C34H37F2N5O2/c1-20-28(35)9-4-21-14-24(42)15-27(29(20)21)25-7-8-26-31(30(25)36)38-33(39-32(26)41-16-22-5-6-23(17-41)37-22)43-19-34(10-11-34)18-40-12-2-3-13-40/h4,7-9,14-15,22-23,37,42H,2-3,5-6,10-13,16-19H2,1H3. The number of hydrogen-bond acceptors (Lipinski definition) is 7. The van der Waals surface area contributed by atoms with Gasteiger partial charge in [-0.25, -0.2) is 8.78 Å². The Morgan fingerprint density at radius 1 is 1.00 bits per heavy atom. The van der Waals surface area contributed by atoms with Crippen LogP contribution in [-0.2, 0) is 0 Å². The van der Waals surface area contributed by atoms with Gasteiger partial charge < -0.3 is 25.0 Å². The average Bonchev–Trinajstić information content (AvgIpc) is 3.40. The van der Waals surface area contributed by atoms with Gasteiger partial charge in [0.15, 0.2) is 5.82 Å². The number of phenols is 1. The first-order valence-corrected chi connectivity index (χ1v) is 15.6. The molecule has 7 nitrogen and oxygen atoms in total. The molecule has 3 aromatic carbocycles. The van der Waals surface area contributed by atoms with Gasteiger partial charge in [-0.1, -0.05) is 12.1 Å². The largest absolute Gasteiger partial charge is 0.508 e. The maximum Gasteiger partial charge on any atom is 0.319 e. The summed E-state index contributed by atoms with van der Waals surface area (Å²) in [4.78, 5) is 14.4. The molecule has 3 saturated heterocycles. The first kappa shape index (κ1) is 27.0. The van der Waals surface area contributed by atoms with Gasteiger partial charge in [-0.15, -0.1) is 0 Å². The molecule has 9 heteroatoms. The van der Waals surface area contributed by atoms with E-state index in [4.69, 9.17) is 9.72 Å². The van der Waals surface area contributed by atoms with Crippen LogP contribution in [0.1, 0.15) is 44.1 Å². The number of aromatic nitrogens is 2. The van der Waals surface area contributed by atoms with E-state index in [2.05, 4.69) is 20.1 Å². The zero-order valence-electron chi connectivity index (χ0n) is 24.5. The van der Waals surface area contributed by atoms with Crippen LogP contribution in [0.3, 0.4) is 0 Å². The summed E-state index contributed by atoms with van der Waals surface area (Å²) in [5, 5.41) is 16.0. The van der Waals surface area contributed by atoms with E-state index in [1.165, 1.54) is 25.0 Å². The number of nitrogens with one attached hydrogen (secondary N) is 1. The molecule has 0 amide bonds. The van der Waals surface area contributed by atoms with Gasteiger partial charge in [0.25, 0.3) is 0 Å². The van der Waals surface area contributed by atoms with Gasteiger partial charge in [-0.3, -0.25) is 0 Å². The van der Waals surface area contributed by atoms with Crippen LogP contribution in [0.25, 0.3) is 32.8 Å². The molecular formula is C34H37F2N5O2. The molecule has 0 radical (unpaired) electrons. The number of fused-ring (bicyclic) bond motifs is 4. The van der Waals surface area contributed by atoms with Gasteiger partial charge in [0.1, 0.15) is 22.9 Å². The number of hydrogen-bond donors (Lipinski definition) is 2. The molecule has 4 aromatic rings. The summed E-state index contributed by atoms with van der Waals surface area (Å²) in [6, 6.07) is 10.6. The van der Waals surface area contributed by atoms with E-state index in [1.807, 2.05) is 6.07 Å². The molecule has 8 rings (SSSR count). The van der Waals surface area contributed by atoms with Gasteiger partial charge in [-0.05, 0) is 105 Å². The summed E-state index contributed by atoms with van der Waals surface area (Å²) in [5.74, 6) is -0.226. The van der Waals surface area contributed by atoms with Crippen molar-refractivity contribution in [2.24, 2.45) is 5.41 Å². The number of ether oxygens (including phenoxy) is 1. The molecule has 4 heterocycles. The molecule has 3 aliphatic heterocycles. The first-order chi connectivity index (χ1) is 20.9. The smallest absolute Gasteiger partial charge is 0.319 e. The maximum absolute atomic E-state index is 16.7. The topological polar surface area (TPSA) is 73.8 Å². The van der Waals surface area contributed by atoms with Crippen LogP contribution in [0.15, 0.2) is 36.4 Å². The fraction of sp³-hybridized carbons (Fsp3) is 0.471. The zero-order chi connectivity index (χ0) is 29.3. The Morgan fingerprint density at radius 3 is 2.51 bits per heavy atom. The monoisotopic (exact) mass is 585 g/mol. The highest BCUT2D eigenvalue weighted by Crippen LogP contribution is 2.47. The molecule has 224 valence electrons. The zero-order valence-corrected chi connectivity index (χ0v) is 24.5. The fourth-order valence-corrected chi connectivity index (χ4v) is 7.59. The lowest BCUT2D eigenvalue weighted by Gasteiger charge is -2.34. The van der Waals surface area contributed by atoms with Gasteiger partial charge >= 0.3 is 6.01 Å². The third-order valence-corrected chi connectivity index (χ3v) is 10.1. The van der Waals surface area contributed by atoms with Crippen molar-refractivity contribution in [3.05, 3.63) is 53.6 Å². The Balaban J connectivity index is 1.23. The number of nitrogens with zero attached hydrogens (tertiary/aromatic N) is 4. The predicted molar refractivity (Wildman–Crippen MR) is 164 cm³/mol. The molecule has 1 aromatic heterocycles. The van der Waals surface area contributed by atoms with Crippen LogP contribution >= 0.6 is 0 Å². The highest BCUT2D eigenvalue weighted by Gasteiger charge is 2.45. The molecule has 1 aliphatic carbocycles. The quantitative estimate of drug-likeness (QED) is 0.278. The highest BCUT2D eigenvalue weighted by molar-refractivity contribution is 6.03. The first-order valence-electron chi connectivity index (χ1n) is 15.6. The van der Waals surface area contributed by atoms with Crippen molar-refractivity contribution in [3.8, 4) is 22.9 Å². The summed E-state index contributed by atoms with van der Waals surface area (Å²) in [6.07, 6.45) is 6.97. The number of phenolic OH excluding ortho intramolecular Hbond substituents is 1. The minimum absolute atomic E-state index is 0.00979. The molecule has 1 saturated carbocycles. The van der Waals surface area contributed by atoms with Crippen molar-refractivity contribution < 1.29 is 18.6 Å². The van der Waals surface area contributed by atoms with E-state index >= 15 is 4.39 Å². The molecule has 0 spiro atoms. The van der Waals surface area contributed by atoms with Crippen LogP contribution in [0.2, 0.25) is 0 Å². The van der Waals surface area contributed by atoms with Crippen LogP contribution in [0, 0.1) is 24.0 Å². The molecule has 2 bridgehead atoms. The van der Waals surface area contributed by atoms with Crippen LogP contribution < -0.4 is 15.0 Å². The molecule has 43 heavy (non-hydrogen) atoms. The van der Waals surface area contributed by atoms with Gasteiger partial charge in [0.05, 0.1) is 6.61 Å². The minimum Gasteiger partial charge on any atom is -0.508 e. The van der Waals surface area contributed by atoms with Crippen LogP contribution in [0.5, 0.6) is 11.8 Å². The lowest BCUT2D eigenvalue weighted by molar-refractivity contribution is 0.170. The van der Waals surface area contributed by atoms with E-state index in [-0.39, 0.29) is 34.1 Å². The van der Waals surface area contributed by atoms with Crippen molar-refractivity contribution in [2.75, 3.05) is 44.2 Å². The van der Waals surface area contributed by atoms with Gasteiger partial charge in [0.2, 0.25) is 0 Å². The van der Waals surface area contributed by atoms with E-state index in [0.29, 0.717) is 51.8 Å². The van der Waals surface area contributed by atoms with E-state index in [9.17, 15) is 9.50 Å². The lowest BCUT2D eigenvalue weighted by atomic mass is 9.93. The summed E-state index contributed by atoms with van der Waals surface area (Å²) >= 11 is 0. The Hall–Kier alpha value is -3.56. The van der Waals surface area contributed by atoms with E-state index < -0.39 is 5.82 Å². The summed E-state index contributed by atoms with van der Waals surface area (Å²) in [6.45, 7) is 7.08. The Bertz CT molecular complexity index is 1720. The van der Waals surface area contributed by atoms with Crippen molar-refractivity contribution in [1.82, 2.24) is 20.2 Å². The van der Waals surface area contributed by atoms with Crippen molar-refractivity contribution in [2.45, 2.75) is 57.5 Å². The summed E-state index contributed by atoms with van der Waals surface area (Å²) in [7, 11) is 0. The number of rotatable bonds is 7. The number of piperazine rings is 1. The molecule has 2 atom stereocenters. The van der Waals surface area contributed by atoms with E-state index in [1.54, 1.807) is 25.1 Å². The average molecular weight is 586 g/mol. The lowest BCUT2D eigenvalue weighted by Crippen LogP contribution is -2.51. The number of benzene rings is 3. The van der Waals surface area contributed by atoms with Gasteiger partial charge in [-0.2, -0.15) is 9.97 Å². The van der Waals surface area contributed by atoms with Crippen LogP contribution in [-0.4, -0.2) is 71.4 Å². The van der Waals surface area contributed by atoms with Gasteiger partial charge in [0, 0.05) is 48.1 Å². The Kier molecular flexibility index (Phi) is 6.45. The molecule has 2 unspecified atom stereocenters. The predicted octanol–water partition coefficient (Wildman–Crippen LogP) is 5.94. The normalized spacial score (nSPS) is 23.0. The minimum atomic E-state index is -0.530. The molecule has 4 aliphatic rings. The number of likely N-dealkylation sites (tertiary alicyclic amines) is 1. The third kappa shape index (κ3) is 4.86. The second-order valence-corrected chi connectivity index (χ2v) is 13.2. The molecule has 2 N–H and O–H groups in total. The number of halogens is 2. The fourth-order valence-electron chi connectivity index (χ4n) is 7.59. The number of aryl methyl sites for hydroxylation is 1. The third-order valence-electron chi connectivity index (χ3n) is 10.1.